The lowest BCUT2D eigenvalue weighted by Crippen LogP contribution is -2.49. The van der Waals surface area contributed by atoms with Crippen molar-refractivity contribution in [3.05, 3.63) is 23.5 Å². The first kappa shape index (κ1) is 21.4. The number of aryl methyl sites for hydroxylation is 1. The molecule has 158 valence electrons. The summed E-state index contributed by atoms with van der Waals surface area (Å²) in [4.78, 5) is 40.2. The van der Waals surface area contributed by atoms with Crippen molar-refractivity contribution in [2.75, 3.05) is 43.5 Å². The fourth-order valence-corrected chi connectivity index (χ4v) is 3.74. The van der Waals surface area contributed by atoms with Crippen molar-refractivity contribution in [1.29, 1.82) is 0 Å². The van der Waals surface area contributed by atoms with Crippen molar-refractivity contribution in [3.63, 3.8) is 0 Å². The Balaban J connectivity index is 1.84. The summed E-state index contributed by atoms with van der Waals surface area (Å²) in [6.07, 6.45) is -4.44. The molecule has 1 aromatic carbocycles. The standard InChI is InChI=1S/C17H17F4N3O4S/c1-10-6-11(18)12(7-13(10)29-9-17(19,20)21)24-14(25)8-23(16(24)27)15(26)22-2-4-28-5-3-22/h6-7H,2-5,8-9H2,1H3. The number of amides is 5. The Morgan fingerprint density at radius 3 is 2.48 bits per heavy atom. The number of urea groups is 2. The normalized spacial score (nSPS) is 18.0. The fraction of sp³-hybridized carbons (Fsp3) is 0.471. The lowest BCUT2D eigenvalue weighted by atomic mass is 10.2. The van der Waals surface area contributed by atoms with E-state index in [1.807, 2.05) is 0 Å². The molecule has 2 heterocycles. The molecule has 7 nitrogen and oxygen atoms in total. The first-order valence-electron chi connectivity index (χ1n) is 8.59. The molecule has 0 N–H and O–H groups in total. The van der Waals surface area contributed by atoms with Crippen LogP contribution in [-0.4, -0.2) is 72.5 Å². The van der Waals surface area contributed by atoms with E-state index in [-0.39, 0.29) is 36.8 Å². The summed E-state index contributed by atoms with van der Waals surface area (Å²) in [5, 5.41) is 0. The molecule has 2 aliphatic heterocycles. The summed E-state index contributed by atoms with van der Waals surface area (Å²) in [5.41, 5.74) is -0.242. The minimum Gasteiger partial charge on any atom is -0.378 e. The number of hydrogen-bond acceptors (Lipinski definition) is 5. The average molecular weight is 435 g/mol. The minimum absolute atomic E-state index is 0.0808. The van der Waals surface area contributed by atoms with Gasteiger partial charge in [-0.15, -0.1) is 11.8 Å². The van der Waals surface area contributed by atoms with Crippen molar-refractivity contribution < 1.29 is 36.7 Å². The van der Waals surface area contributed by atoms with Gasteiger partial charge in [-0.1, -0.05) is 0 Å². The Hall–Kier alpha value is -2.34. The second-order valence-electron chi connectivity index (χ2n) is 6.45. The molecule has 0 atom stereocenters. The summed E-state index contributed by atoms with van der Waals surface area (Å²) >= 11 is 0.424. The monoisotopic (exact) mass is 435 g/mol. The van der Waals surface area contributed by atoms with E-state index in [1.54, 1.807) is 0 Å². The van der Waals surface area contributed by atoms with Crippen molar-refractivity contribution in [3.8, 4) is 0 Å². The molecular formula is C17H17F4N3O4S. The van der Waals surface area contributed by atoms with Crippen LogP contribution >= 0.6 is 11.8 Å². The maximum Gasteiger partial charge on any atom is 0.398 e. The molecule has 0 bridgehead atoms. The van der Waals surface area contributed by atoms with Gasteiger partial charge in [0.15, 0.2) is 0 Å². The van der Waals surface area contributed by atoms with Crippen LogP contribution in [0.25, 0.3) is 0 Å². The van der Waals surface area contributed by atoms with Crippen LogP contribution in [0.15, 0.2) is 17.0 Å². The second kappa shape index (κ2) is 8.19. The molecule has 0 aliphatic carbocycles. The fourth-order valence-electron chi connectivity index (χ4n) is 2.94. The predicted octanol–water partition coefficient (Wildman–Crippen LogP) is 3.01. The summed E-state index contributed by atoms with van der Waals surface area (Å²) in [6.45, 7) is 1.91. The lowest BCUT2D eigenvalue weighted by Gasteiger charge is -2.29. The molecule has 0 aromatic heterocycles. The van der Waals surface area contributed by atoms with E-state index in [1.165, 1.54) is 11.8 Å². The molecule has 5 amide bonds. The maximum atomic E-state index is 14.5. The Labute approximate surface area is 167 Å². The topological polar surface area (TPSA) is 70.2 Å². The van der Waals surface area contributed by atoms with Crippen LogP contribution < -0.4 is 4.90 Å². The SMILES string of the molecule is Cc1cc(F)c(N2C(=O)CN(C(=O)N3CCOCC3)C2=O)cc1SCC(F)(F)F. The highest BCUT2D eigenvalue weighted by Gasteiger charge is 2.43. The summed E-state index contributed by atoms with van der Waals surface area (Å²) in [6, 6.07) is 0.245. The highest BCUT2D eigenvalue weighted by atomic mass is 32.2. The summed E-state index contributed by atoms with van der Waals surface area (Å²) in [5.74, 6) is -2.99. The van der Waals surface area contributed by atoms with Crippen LogP contribution in [0.1, 0.15) is 5.56 Å². The van der Waals surface area contributed by atoms with Crippen LogP contribution in [0.3, 0.4) is 0 Å². The Morgan fingerprint density at radius 2 is 1.86 bits per heavy atom. The molecule has 2 saturated heterocycles. The van der Waals surface area contributed by atoms with Gasteiger partial charge in [0.25, 0.3) is 5.91 Å². The van der Waals surface area contributed by atoms with E-state index in [4.69, 9.17) is 4.74 Å². The van der Waals surface area contributed by atoms with Crippen molar-refractivity contribution in [2.24, 2.45) is 0 Å². The van der Waals surface area contributed by atoms with Crippen LogP contribution in [0.2, 0.25) is 0 Å². The minimum atomic E-state index is -4.44. The van der Waals surface area contributed by atoms with E-state index in [0.717, 1.165) is 12.1 Å². The van der Waals surface area contributed by atoms with Gasteiger partial charge in [0.2, 0.25) is 0 Å². The number of halogens is 4. The summed E-state index contributed by atoms with van der Waals surface area (Å²) < 4.78 is 57.2. The molecule has 0 spiro atoms. The van der Waals surface area contributed by atoms with Crippen LogP contribution in [-0.2, 0) is 9.53 Å². The molecule has 0 saturated carbocycles. The number of rotatable bonds is 3. The Bertz CT molecular complexity index is 843. The first-order valence-corrected chi connectivity index (χ1v) is 9.58. The van der Waals surface area contributed by atoms with Gasteiger partial charge in [-0.3, -0.25) is 4.79 Å². The Morgan fingerprint density at radius 1 is 1.21 bits per heavy atom. The lowest BCUT2D eigenvalue weighted by molar-refractivity contribution is -0.116. The number of carbonyl (C=O) groups is 3. The van der Waals surface area contributed by atoms with Crippen LogP contribution in [0, 0.1) is 12.7 Å². The molecule has 0 radical (unpaired) electrons. The third kappa shape index (κ3) is 4.64. The largest absolute Gasteiger partial charge is 0.398 e. The van der Waals surface area contributed by atoms with Crippen molar-refractivity contribution in [1.82, 2.24) is 9.80 Å². The molecule has 2 aliphatic rings. The van der Waals surface area contributed by atoms with Gasteiger partial charge < -0.3 is 9.64 Å². The zero-order chi connectivity index (χ0) is 21.3. The van der Waals surface area contributed by atoms with Crippen LogP contribution in [0.5, 0.6) is 0 Å². The molecule has 2 fully saturated rings. The Kier molecular flexibility index (Phi) is 6.03. The number of morpholine rings is 1. The van der Waals surface area contributed by atoms with E-state index in [0.29, 0.717) is 21.6 Å². The molecule has 3 rings (SSSR count). The highest BCUT2D eigenvalue weighted by Crippen LogP contribution is 2.35. The van der Waals surface area contributed by atoms with E-state index >= 15 is 0 Å². The molecule has 12 heteroatoms. The first-order chi connectivity index (χ1) is 13.6. The zero-order valence-corrected chi connectivity index (χ0v) is 16.1. The maximum absolute atomic E-state index is 14.5. The molecular weight excluding hydrogens is 418 g/mol. The number of ether oxygens (including phenoxy) is 1. The van der Waals surface area contributed by atoms with Crippen LogP contribution in [0.4, 0.5) is 32.8 Å². The molecule has 1 aromatic rings. The van der Waals surface area contributed by atoms with Gasteiger partial charge in [-0.05, 0) is 24.6 Å². The van der Waals surface area contributed by atoms with Gasteiger partial charge in [0, 0.05) is 18.0 Å². The number of imide groups is 2. The second-order valence-corrected chi connectivity index (χ2v) is 7.47. The van der Waals surface area contributed by atoms with Gasteiger partial charge >= 0.3 is 18.2 Å². The number of thioether (sulfide) groups is 1. The molecule has 29 heavy (non-hydrogen) atoms. The average Bonchev–Trinajstić information content (AvgIpc) is 2.95. The third-order valence-electron chi connectivity index (χ3n) is 4.35. The van der Waals surface area contributed by atoms with E-state index < -0.39 is 47.9 Å². The van der Waals surface area contributed by atoms with Gasteiger partial charge in [-0.2, -0.15) is 13.2 Å². The van der Waals surface area contributed by atoms with Gasteiger partial charge in [0.1, 0.15) is 12.4 Å². The number of benzene rings is 1. The van der Waals surface area contributed by atoms with Crippen molar-refractivity contribution in [2.45, 2.75) is 18.0 Å². The van der Waals surface area contributed by atoms with Crippen molar-refractivity contribution >= 4 is 35.4 Å². The zero-order valence-electron chi connectivity index (χ0n) is 15.3. The number of carbonyl (C=O) groups excluding carboxylic acids is 3. The van der Waals surface area contributed by atoms with Gasteiger partial charge in [-0.25, -0.2) is 23.8 Å². The number of anilines is 1. The quantitative estimate of drug-likeness (QED) is 0.415. The smallest absolute Gasteiger partial charge is 0.378 e. The van der Waals surface area contributed by atoms with E-state index in [9.17, 15) is 31.9 Å². The number of alkyl halides is 3. The highest BCUT2D eigenvalue weighted by molar-refractivity contribution is 7.99. The molecule has 0 unspecified atom stereocenters. The predicted molar refractivity (Wildman–Crippen MR) is 95.3 cm³/mol. The van der Waals surface area contributed by atoms with E-state index in [2.05, 4.69) is 0 Å². The third-order valence-corrected chi connectivity index (χ3v) is 5.58. The number of nitrogens with zero attached hydrogens (tertiary/aromatic N) is 3. The number of hydrogen-bond donors (Lipinski definition) is 0. The summed E-state index contributed by atoms with van der Waals surface area (Å²) in [7, 11) is 0. The van der Waals surface area contributed by atoms with Gasteiger partial charge in [0.05, 0.1) is 24.7 Å².